The van der Waals surface area contributed by atoms with Crippen molar-refractivity contribution in [1.82, 2.24) is 0 Å². The minimum Gasteiger partial charge on any atom is -0.481 e. The number of carbonyl (C=O) groups is 2. The van der Waals surface area contributed by atoms with E-state index >= 15 is 0 Å². The molecule has 3 rings (SSSR count). The Labute approximate surface area is 145 Å². The molecule has 3 aromatic carbocycles. The van der Waals surface area contributed by atoms with Crippen molar-refractivity contribution in [3.8, 4) is 5.75 Å². The van der Waals surface area contributed by atoms with Crippen LogP contribution >= 0.6 is 0 Å². The number of fused-ring (bicyclic) bond motifs is 1. The number of nitrogens with two attached hydrogens (primary N) is 1. The van der Waals surface area contributed by atoms with Crippen LogP contribution in [0.15, 0.2) is 72.8 Å². The van der Waals surface area contributed by atoms with Crippen LogP contribution in [0.1, 0.15) is 11.7 Å². The van der Waals surface area contributed by atoms with Crippen molar-refractivity contribution in [3.63, 3.8) is 0 Å². The van der Waals surface area contributed by atoms with E-state index in [1.165, 1.54) is 0 Å². The van der Waals surface area contributed by atoms with Crippen LogP contribution in [0.3, 0.4) is 0 Å². The van der Waals surface area contributed by atoms with Gasteiger partial charge in [-0.2, -0.15) is 0 Å². The molecule has 0 spiro atoms. The molecule has 0 aromatic heterocycles. The first-order valence-electron chi connectivity index (χ1n) is 7.79. The molecular formula is C20H17NO4. The summed E-state index contributed by atoms with van der Waals surface area (Å²) in [6.45, 7) is -0.315. The molecule has 5 nitrogen and oxygen atoms in total. The molecule has 0 aliphatic rings. The van der Waals surface area contributed by atoms with Crippen molar-refractivity contribution in [2.24, 2.45) is 5.73 Å². The van der Waals surface area contributed by atoms with Gasteiger partial charge in [-0.1, -0.05) is 66.7 Å². The van der Waals surface area contributed by atoms with Crippen LogP contribution < -0.4 is 10.5 Å². The highest BCUT2D eigenvalue weighted by Gasteiger charge is 2.22. The fourth-order valence-electron chi connectivity index (χ4n) is 2.54. The van der Waals surface area contributed by atoms with Crippen molar-refractivity contribution in [2.45, 2.75) is 6.10 Å². The zero-order valence-electron chi connectivity index (χ0n) is 13.4. The van der Waals surface area contributed by atoms with E-state index in [1.54, 1.807) is 36.4 Å². The first-order valence-corrected chi connectivity index (χ1v) is 7.79. The second-order valence-electron chi connectivity index (χ2n) is 5.45. The van der Waals surface area contributed by atoms with Crippen LogP contribution in [0.2, 0.25) is 0 Å². The Morgan fingerprint density at radius 3 is 2.32 bits per heavy atom. The number of hydrogen-bond acceptors (Lipinski definition) is 4. The van der Waals surface area contributed by atoms with Crippen LogP contribution in [-0.4, -0.2) is 18.5 Å². The summed E-state index contributed by atoms with van der Waals surface area (Å²) in [5.74, 6) is -0.823. The third-order valence-electron chi connectivity index (χ3n) is 3.71. The van der Waals surface area contributed by atoms with Gasteiger partial charge in [-0.3, -0.25) is 4.79 Å². The maximum atomic E-state index is 12.1. The Kier molecular flexibility index (Phi) is 4.95. The molecule has 2 N–H and O–H groups in total. The maximum absolute atomic E-state index is 12.1. The number of rotatable bonds is 6. The van der Waals surface area contributed by atoms with Crippen molar-refractivity contribution >= 4 is 22.6 Å². The summed E-state index contributed by atoms with van der Waals surface area (Å²) in [5, 5.41) is 1.90. The third kappa shape index (κ3) is 3.95. The summed E-state index contributed by atoms with van der Waals surface area (Å²) in [7, 11) is 0. The van der Waals surface area contributed by atoms with Gasteiger partial charge in [0.05, 0.1) is 0 Å². The fourth-order valence-corrected chi connectivity index (χ4v) is 2.54. The van der Waals surface area contributed by atoms with E-state index in [0.717, 1.165) is 10.8 Å². The van der Waals surface area contributed by atoms with E-state index in [0.29, 0.717) is 11.3 Å². The summed E-state index contributed by atoms with van der Waals surface area (Å²) in [4.78, 5) is 23.7. The molecule has 0 saturated carbocycles. The van der Waals surface area contributed by atoms with Gasteiger partial charge in [-0.25, -0.2) is 4.79 Å². The Bertz CT molecular complexity index is 887. The summed E-state index contributed by atoms with van der Waals surface area (Å²) in [5.41, 5.74) is 5.86. The molecule has 3 aromatic rings. The van der Waals surface area contributed by atoms with Gasteiger partial charge in [0, 0.05) is 10.9 Å². The van der Waals surface area contributed by atoms with Gasteiger partial charge in [-0.05, 0) is 11.5 Å². The van der Waals surface area contributed by atoms with Gasteiger partial charge in [0.1, 0.15) is 5.75 Å². The lowest BCUT2D eigenvalue weighted by molar-refractivity contribution is -0.157. The Morgan fingerprint density at radius 1 is 0.880 bits per heavy atom. The summed E-state index contributed by atoms with van der Waals surface area (Å²) in [6.07, 6.45) is -1.13. The number of benzene rings is 3. The van der Waals surface area contributed by atoms with Gasteiger partial charge in [-0.15, -0.1) is 0 Å². The SMILES string of the molecule is NC(=O)C(OC(=O)COc1cccc2ccccc12)c1ccccc1. The largest absolute Gasteiger partial charge is 0.481 e. The van der Waals surface area contributed by atoms with Gasteiger partial charge < -0.3 is 15.2 Å². The van der Waals surface area contributed by atoms with Gasteiger partial charge >= 0.3 is 5.97 Å². The highest BCUT2D eigenvalue weighted by atomic mass is 16.6. The molecule has 0 fully saturated rings. The number of ether oxygens (including phenoxy) is 2. The molecule has 5 heteroatoms. The number of hydrogen-bond donors (Lipinski definition) is 1. The lowest BCUT2D eigenvalue weighted by Gasteiger charge is -2.15. The van der Waals surface area contributed by atoms with E-state index < -0.39 is 18.0 Å². The monoisotopic (exact) mass is 335 g/mol. The molecule has 0 aliphatic carbocycles. The zero-order valence-corrected chi connectivity index (χ0v) is 13.4. The van der Waals surface area contributed by atoms with E-state index in [9.17, 15) is 9.59 Å². The van der Waals surface area contributed by atoms with Crippen LogP contribution in [0.5, 0.6) is 5.75 Å². The maximum Gasteiger partial charge on any atom is 0.345 e. The molecule has 25 heavy (non-hydrogen) atoms. The quantitative estimate of drug-likeness (QED) is 0.702. The third-order valence-corrected chi connectivity index (χ3v) is 3.71. The number of amides is 1. The number of esters is 1. The average Bonchev–Trinajstić information content (AvgIpc) is 2.65. The molecule has 0 aliphatic heterocycles. The molecule has 0 bridgehead atoms. The predicted octanol–water partition coefficient (Wildman–Crippen LogP) is 2.99. The Morgan fingerprint density at radius 2 is 1.56 bits per heavy atom. The Hall–Kier alpha value is -3.34. The molecule has 0 saturated heterocycles. The second-order valence-corrected chi connectivity index (χ2v) is 5.45. The predicted molar refractivity (Wildman–Crippen MR) is 93.9 cm³/mol. The van der Waals surface area contributed by atoms with Crippen molar-refractivity contribution in [1.29, 1.82) is 0 Å². The van der Waals surface area contributed by atoms with E-state index in [1.807, 2.05) is 36.4 Å². The van der Waals surface area contributed by atoms with Crippen molar-refractivity contribution in [3.05, 3.63) is 78.4 Å². The molecule has 126 valence electrons. The number of primary amides is 1. The van der Waals surface area contributed by atoms with Crippen molar-refractivity contribution in [2.75, 3.05) is 6.61 Å². The first-order chi connectivity index (χ1) is 12.1. The minimum atomic E-state index is -1.13. The van der Waals surface area contributed by atoms with Crippen LogP contribution in [-0.2, 0) is 14.3 Å². The molecule has 1 atom stereocenters. The van der Waals surface area contributed by atoms with Gasteiger partial charge in [0.15, 0.2) is 6.61 Å². The minimum absolute atomic E-state index is 0.315. The standard InChI is InChI=1S/C20H17NO4/c21-20(23)19(15-8-2-1-3-9-15)25-18(22)13-24-17-12-6-10-14-7-4-5-11-16(14)17/h1-12,19H,13H2,(H2,21,23). The van der Waals surface area contributed by atoms with E-state index in [2.05, 4.69) is 0 Å². The smallest absolute Gasteiger partial charge is 0.345 e. The molecule has 0 heterocycles. The highest BCUT2D eigenvalue weighted by Crippen LogP contribution is 2.25. The molecule has 1 unspecified atom stereocenters. The lowest BCUT2D eigenvalue weighted by Crippen LogP contribution is -2.28. The lowest BCUT2D eigenvalue weighted by atomic mass is 10.1. The number of carbonyl (C=O) groups excluding carboxylic acids is 2. The molecular weight excluding hydrogens is 318 g/mol. The molecule has 0 radical (unpaired) electrons. The topological polar surface area (TPSA) is 78.6 Å². The summed E-state index contributed by atoms with van der Waals surface area (Å²) in [6, 6.07) is 21.9. The summed E-state index contributed by atoms with van der Waals surface area (Å²) >= 11 is 0. The van der Waals surface area contributed by atoms with E-state index in [-0.39, 0.29) is 6.61 Å². The van der Waals surface area contributed by atoms with Gasteiger partial charge in [0.2, 0.25) is 6.10 Å². The average molecular weight is 335 g/mol. The van der Waals surface area contributed by atoms with Gasteiger partial charge in [0.25, 0.3) is 5.91 Å². The molecule has 1 amide bonds. The van der Waals surface area contributed by atoms with Crippen LogP contribution in [0.25, 0.3) is 10.8 Å². The normalized spacial score (nSPS) is 11.7. The fraction of sp³-hybridized carbons (Fsp3) is 0.100. The Balaban J connectivity index is 1.68. The van der Waals surface area contributed by atoms with E-state index in [4.69, 9.17) is 15.2 Å². The van der Waals surface area contributed by atoms with Crippen molar-refractivity contribution < 1.29 is 19.1 Å². The van der Waals surface area contributed by atoms with Crippen LogP contribution in [0.4, 0.5) is 0 Å². The summed E-state index contributed by atoms with van der Waals surface area (Å²) < 4.78 is 10.8. The van der Waals surface area contributed by atoms with Crippen LogP contribution in [0, 0.1) is 0 Å². The first kappa shape index (κ1) is 16.5. The zero-order chi connectivity index (χ0) is 17.6. The highest BCUT2D eigenvalue weighted by molar-refractivity contribution is 5.88. The second kappa shape index (κ2) is 7.49.